The van der Waals surface area contributed by atoms with Crippen LogP contribution in [0, 0.1) is 0 Å². The van der Waals surface area contributed by atoms with Crippen molar-refractivity contribution in [3.63, 3.8) is 0 Å². The van der Waals surface area contributed by atoms with Crippen molar-refractivity contribution in [2.24, 2.45) is 0 Å². The summed E-state index contributed by atoms with van der Waals surface area (Å²) < 4.78 is 6.15. The molecule has 4 aromatic carbocycles. The highest BCUT2D eigenvalue weighted by molar-refractivity contribution is 7.99. The van der Waals surface area contributed by atoms with Crippen LogP contribution >= 0.6 is 23.5 Å². The van der Waals surface area contributed by atoms with Crippen LogP contribution in [0.2, 0.25) is 0 Å². The van der Waals surface area contributed by atoms with E-state index in [1.54, 1.807) is 23.5 Å². The average molecular weight is 471 g/mol. The molecule has 0 N–H and O–H groups in total. The van der Waals surface area contributed by atoms with Gasteiger partial charge in [0.1, 0.15) is 11.5 Å². The maximum atomic E-state index is 6.15. The molecule has 0 fully saturated rings. The van der Waals surface area contributed by atoms with Crippen molar-refractivity contribution in [1.82, 2.24) is 0 Å². The zero-order valence-electron chi connectivity index (χ0n) is 19.6. The Kier molecular flexibility index (Phi) is 7.85. The van der Waals surface area contributed by atoms with Gasteiger partial charge in [-0.15, -0.1) is 0 Å². The van der Waals surface area contributed by atoms with Crippen LogP contribution in [0.25, 0.3) is 0 Å². The first-order chi connectivity index (χ1) is 16.0. The van der Waals surface area contributed by atoms with Crippen LogP contribution in [0.4, 0.5) is 0 Å². The van der Waals surface area contributed by atoms with Crippen molar-refractivity contribution in [1.29, 1.82) is 0 Å². The fraction of sp³-hybridized carbons (Fsp3) is 0.200. The Hall–Kier alpha value is -2.62. The smallest absolute Gasteiger partial charge is 0.128 e. The predicted molar refractivity (Wildman–Crippen MR) is 142 cm³/mol. The van der Waals surface area contributed by atoms with Gasteiger partial charge in [0.15, 0.2) is 0 Å². The van der Waals surface area contributed by atoms with E-state index < -0.39 is 0 Å². The van der Waals surface area contributed by atoms with E-state index in [1.165, 1.54) is 30.7 Å². The van der Waals surface area contributed by atoms with Gasteiger partial charge in [-0.2, -0.15) is 0 Å². The maximum Gasteiger partial charge on any atom is 0.128 e. The topological polar surface area (TPSA) is 9.23 Å². The van der Waals surface area contributed by atoms with Crippen molar-refractivity contribution < 1.29 is 4.74 Å². The third kappa shape index (κ3) is 6.69. The zero-order valence-corrected chi connectivity index (χ0v) is 21.3. The second-order valence-corrected chi connectivity index (χ2v) is 11.0. The van der Waals surface area contributed by atoms with Gasteiger partial charge in [-0.05, 0) is 89.7 Å². The van der Waals surface area contributed by atoms with Crippen LogP contribution in [-0.4, -0.2) is 0 Å². The van der Waals surface area contributed by atoms with E-state index in [-0.39, 0.29) is 0 Å². The molecule has 1 nitrogen and oxygen atoms in total. The van der Waals surface area contributed by atoms with E-state index in [0.717, 1.165) is 11.5 Å². The summed E-state index contributed by atoms with van der Waals surface area (Å²) >= 11 is 3.55. The molecule has 0 aliphatic heterocycles. The molecule has 0 atom stereocenters. The molecule has 4 aromatic rings. The number of ether oxygens (including phenoxy) is 1. The minimum absolute atomic E-state index is 0.528. The molecular formula is C30H30OS2. The van der Waals surface area contributed by atoms with Gasteiger partial charge in [0.2, 0.25) is 0 Å². The molecule has 0 heterocycles. The first-order valence-electron chi connectivity index (χ1n) is 11.4. The van der Waals surface area contributed by atoms with Crippen molar-refractivity contribution in [3.8, 4) is 11.5 Å². The van der Waals surface area contributed by atoms with Crippen LogP contribution < -0.4 is 4.74 Å². The molecule has 0 spiro atoms. The SMILES string of the molecule is CC(C)c1cccc(Sc2ccc(Oc3cccc(Sc4cccc(C(C)C)c4)c3)cc2)c1. The summed E-state index contributed by atoms with van der Waals surface area (Å²) in [6, 6.07) is 34.2. The molecule has 0 saturated carbocycles. The van der Waals surface area contributed by atoms with E-state index in [1.807, 2.05) is 18.2 Å². The average Bonchev–Trinajstić information content (AvgIpc) is 2.81. The van der Waals surface area contributed by atoms with E-state index in [9.17, 15) is 0 Å². The molecule has 3 heteroatoms. The van der Waals surface area contributed by atoms with Crippen LogP contribution in [0.5, 0.6) is 11.5 Å². The van der Waals surface area contributed by atoms with Crippen molar-refractivity contribution in [3.05, 3.63) is 108 Å². The lowest BCUT2D eigenvalue weighted by atomic mass is 10.0. The van der Waals surface area contributed by atoms with Gasteiger partial charge >= 0.3 is 0 Å². The molecule has 0 bridgehead atoms. The lowest BCUT2D eigenvalue weighted by molar-refractivity contribution is 0.481. The fourth-order valence-electron chi connectivity index (χ4n) is 3.46. The van der Waals surface area contributed by atoms with Crippen LogP contribution in [0.1, 0.15) is 50.7 Å². The predicted octanol–water partition coefficient (Wildman–Crippen LogP) is 10.0. The first kappa shape index (κ1) is 23.5. The Morgan fingerprint density at radius 3 is 1.52 bits per heavy atom. The summed E-state index contributed by atoms with van der Waals surface area (Å²) in [6.45, 7) is 8.91. The van der Waals surface area contributed by atoms with E-state index >= 15 is 0 Å². The van der Waals surface area contributed by atoms with Crippen molar-refractivity contribution in [2.45, 2.75) is 59.1 Å². The molecule has 0 aliphatic carbocycles. The van der Waals surface area contributed by atoms with Crippen molar-refractivity contribution in [2.75, 3.05) is 0 Å². The van der Waals surface area contributed by atoms with Gasteiger partial charge in [-0.3, -0.25) is 0 Å². The lowest BCUT2D eigenvalue weighted by Gasteiger charge is -2.10. The summed E-state index contributed by atoms with van der Waals surface area (Å²) in [6.07, 6.45) is 0. The number of hydrogen-bond donors (Lipinski definition) is 0. The summed E-state index contributed by atoms with van der Waals surface area (Å²) in [7, 11) is 0. The molecule has 0 radical (unpaired) electrons. The van der Waals surface area contributed by atoms with Gasteiger partial charge < -0.3 is 4.74 Å². The number of rotatable bonds is 8. The van der Waals surface area contributed by atoms with Gasteiger partial charge in [-0.1, -0.05) is 81.6 Å². The Labute approximate surface area is 206 Å². The number of benzene rings is 4. The summed E-state index contributed by atoms with van der Waals surface area (Å²) in [4.78, 5) is 4.89. The molecule has 0 aliphatic rings. The van der Waals surface area contributed by atoms with E-state index in [2.05, 4.69) is 107 Å². The molecule has 0 amide bonds. The second kappa shape index (κ2) is 11.0. The van der Waals surface area contributed by atoms with Crippen molar-refractivity contribution >= 4 is 23.5 Å². The summed E-state index contributed by atoms with van der Waals surface area (Å²) in [5.74, 6) is 2.76. The first-order valence-corrected chi connectivity index (χ1v) is 13.0. The molecule has 0 saturated heterocycles. The van der Waals surface area contributed by atoms with E-state index in [4.69, 9.17) is 4.74 Å². The van der Waals surface area contributed by atoms with E-state index in [0.29, 0.717) is 11.8 Å². The Morgan fingerprint density at radius 1 is 0.485 bits per heavy atom. The monoisotopic (exact) mass is 470 g/mol. The van der Waals surface area contributed by atoms with Crippen LogP contribution in [0.15, 0.2) is 117 Å². The van der Waals surface area contributed by atoms with Gasteiger partial charge in [0, 0.05) is 19.6 Å². The van der Waals surface area contributed by atoms with Crippen LogP contribution in [-0.2, 0) is 0 Å². The minimum Gasteiger partial charge on any atom is -0.457 e. The molecular weight excluding hydrogens is 440 g/mol. The largest absolute Gasteiger partial charge is 0.457 e. The molecule has 168 valence electrons. The Morgan fingerprint density at radius 2 is 0.970 bits per heavy atom. The second-order valence-electron chi connectivity index (χ2n) is 8.71. The van der Waals surface area contributed by atoms with Gasteiger partial charge in [0.25, 0.3) is 0 Å². The highest BCUT2D eigenvalue weighted by atomic mass is 32.2. The highest BCUT2D eigenvalue weighted by Crippen LogP contribution is 2.34. The molecule has 0 aromatic heterocycles. The minimum atomic E-state index is 0.528. The Bertz CT molecular complexity index is 1200. The third-order valence-electron chi connectivity index (χ3n) is 5.39. The standard InChI is InChI=1S/C30H30OS2/c1-21(2)23-8-5-11-28(18-23)32-27-16-14-25(15-17-27)31-26-10-7-13-30(20-26)33-29-12-6-9-24(19-29)22(3)4/h5-22H,1-4H3. The fourth-order valence-corrected chi connectivity index (χ4v) is 5.28. The summed E-state index contributed by atoms with van der Waals surface area (Å²) in [5.41, 5.74) is 2.73. The Balaban J connectivity index is 1.41. The highest BCUT2D eigenvalue weighted by Gasteiger charge is 2.06. The number of hydrogen-bond acceptors (Lipinski definition) is 3. The molecule has 0 unspecified atom stereocenters. The third-order valence-corrected chi connectivity index (χ3v) is 7.36. The van der Waals surface area contributed by atoms with Gasteiger partial charge in [0.05, 0.1) is 0 Å². The molecule has 33 heavy (non-hydrogen) atoms. The quantitative estimate of drug-likeness (QED) is 0.253. The van der Waals surface area contributed by atoms with Gasteiger partial charge in [-0.25, -0.2) is 0 Å². The zero-order chi connectivity index (χ0) is 23.2. The van der Waals surface area contributed by atoms with Crippen LogP contribution in [0.3, 0.4) is 0 Å². The lowest BCUT2D eigenvalue weighted by Crippen LogP contribution is -1.87. The maximum absolute atomic E-state index is 6.15. The summed E-state index contributed by atoms with van der Waals surface area (Å²) in [5, 5.41) is 0. The normalized spacial score (nSPS) is 11.2. The molecule has 4 rings (SSSR count).